The Hall–Kier alpha value is -3.26. The van der Waals surface area contributed by atoms with Gasteiger partial charge in [-0.25, -0.2) is 9.78 Å². The predicted molar refractivity (Wildman–Crippen MR) is 109 cm³/mol. The van der Waals surface area contributed by atoms with Gasteiger partial charge in [-0.15, -0.1) is 11.3 Å². The molecule has 8 heteroatoms. The van der Waals surface area contributed by atoms with Gasteiger partial charge in [-0.1, -0.05) is 12.1 Å². The molecule has 2 aromatic heterocycles. The van der Waals surface area contributed by atoms with E-state index in [1.807, 2.05) is 42.6 Å². The van der Waals surface area contributed by atoms with Gasteiger partial charge in [-0.05, 0) is 42.7 Å². The number of carbonyl (C=O) groups excluding carboxylic acids is 2. The molecule has 3 N–H and O–H groups in total. The van der Waals surface area contributed by atoms with Crippen molar-refractivity contribution in [2.45, 2.75) is 25.8 Å². The third-order valence-electron chi connectivity index (χ3n) is 4.55. The maximum atomic E-state index is 12.3. The monoisotopic (exact) mass is 393 g/mol. The zero-order valence-electron chi connectivity index (χ0n) is 15.2. The van der Waals surface area contributed by atoms with Crippen molar-refractivity contribution in [3.63, 3.8) is 0 Å². The van der Waals surface area contributed by atoms with Crippen molar-refractivity contribution < 1.29 is 9.59 Å². The second kappa shape index (κ2) is 7.77. The number of fused-ring (bicyclic) bond motifs is 1. The Morgan fingerprint density at radius 1 is 1.29 bits per heavy atom. The van der Waals surface area contributed by atoms with Crippen LogP contribution in [0.4, 0.5) is 15.6 Å². The van der Waals surface area contributed by atoms with E-state index in [0.29, 0.717) is 18.0 Å². The van der Waals surface area contributed by atoms with Crippen LogP contribution in [0.25, 0.3) is 11.3 Å². The number of carbonyl (C=O) groups is 2. The molecular formula is C20H19N5O2S. The molecule has 1 aromatic carbocycles. The molecule has 1 aliphatic heterocycles. The summed E-state index contributed by atoms with van der Waals surface area (Å²) in [5.41, 5.74) is 4.61. The Morgan fingerprint density at radius 2 is 2.18 bits per heavy atom. The number of rotatable bonds is 4. The molecule has 28 heavy (non-hydrogen) atoms. The van der Waals surface area contributed by atoms with Crippen molar-refractivity contribution in [1.82, 2.24) is 15.3 Å². The molecule has 0 fully saturated rings. The molecular weight excluding hydrogens is 374 g/mol. The van der Waals surface area contributed by atoms with Gasteiger partial charge in [0, 0.05) is 35.4 Å². The Kier molecular flexibility index (Phi) is 5.03. The standard InChI is InChI=1S/C20H19N5O2S/c1-12(13-4-6-16-14(9-13)5-7-18(26)23-16)22-19(27)25-20-24-17(11-28-20)15-3-2-8-21-10-15/h2-4,6,8-12H,5,7H2,1H3,(H,23,26)(H2,22,24,25,27). The van der Waals surface area contributed by atoms with E-state index in [1.54, 1.807) is 12.4 Å². The quantitative estimate of drug-likeness (QED) is 0.625. The van der Waals surface area contributed by atoms with Crippen LogP contribution in [0.3, 0.4) is 0 Å². The van der Waals surface area contributed by atoms with Crippen molar-refractivity contribution in [3.8, 4) is 11.3 Å². The van der Waals surface area contributed by atoms with Crippen LogP contribution in [-0.2, 0) is 11.2 Å². The highest BCUT2D eigenvalue weighted by molar-refractivity contribution is 7.14. The third-order valence-corrected chi connectivity index (χ3v) is 5.31. The normalized spacial score (nSPS) is 14.0. The number of aryl methyl sites for hydroxylation is 1. The summed E-state index contributed by atoms with van der Waals surface area (Å²) in [6, 6.07) is 9.11. The molecule has 1 aliphatic rings. The van der Waals surface area contributed by atoms with Gasteiger partial charge >= 0.3 is 6.03 Å². The lowest BCUT2D eigenvalue weighted by molar-refractivity contribution is -0.116. The number of urea groups is 1. The van der Waals surface area contributed by atoms with E-state index in [0.717, 1.165) is 28.1 Å². The first-order valence-corrected chi connectivity index (χ1v) is 9.82. The van der Waals surface area contributed by atoms with Crippen LogP contribution in [0.5, 0.6) is 0 Å². The number of hydrogen-bond donors (Lipinski definition) is 3. The molecule has 0 spiro atoms. The molecule has 3 amide bonds. The molecule has 1 atom stereocenters. The Morgan fingerprint density at radius 3 is 3.00 bits per heavy atom. The molecule has 3 aromatic rings. The summed E-state index contributed by atoms with van der Waals surface area (Å²) in [5.74, 6) is 0.0416. The van der Waals surface area contributed by atoms with Gasteiger partial charge in [0.25, 0.3) is 0 Å². The van der Waals surface area contributed by atoms with Gasteiger partial charge in [-0.3, -0.25) is 15.1 Å². The maximum Gasteiger partial charge on any atom is 0.321 e. The van der Waals surface area contributed by atoms with E-state index in [-0.39, 0.29) is 18.0 Å². The Bertz CT molecular complexity index is 1020. The van der Waals surface area contributed by atoms with Gasteiger partial charge in [-0.2, -0.15) is 0 Å². The van der Waals surface area contributed by atoms with Crippen molar-refractivity contribution >= 4 is 34.1 Å². The smallest absolute Gasteiger partial charge is 0.321 e. The molecule has 0 saturated carbocycles. The topological polar surface area (TPSA) is 96.0 Å². The number of nitrogens with zero attached hydrogens (tertiary/aromatic N) is 2. The third kappa shape index (κ3) is 4.01. The average Bonchev–Trinajstić information content (AvgIpc) is 3.16. The lowest BCUT2D eigenvalue weighted by Gasteiger charge is -2.20. The number of thiazole rings is 1. The average molecular weight is 393 g/mol. The van der Waals surface area contributed by atoms with E-state index >= 15 is 0 Å². The minimum absolute atomic E-state index is 0.0416. The van der Waals surface area contributed by atoms with E-state index in [2.05, 4.69) is 25.9 Å². The number of pyridine rings is 1. The van der Waals surface area contributed by atoms with Gasteiger partial charge < -0.3 is 10.6 Å². The first-order chi connectivity index (χ1) is 13.6. The number of hydrogen-bond acceptors (Lipinski definition) is 5. The molecule has 4 rings (SSSR count). The molecule has 0 aliphatic carbocycles. The van der Waals surface area contributed by atoms with Crippen molar-refractivity contribution in [2.75, 3.05) is 10.6 Å². The minimum Gasteiger partial charge on any atom is -0.331 e. The predicted octanol–water partition coefficient (Wildman–Crippen LogP) is 3.97. The highest BCUT2D eigenvalue weighted by Gasteiger charge is 2.17. The summed E-state index contributed by atoms with van der Waals surface area (Å²) in [5, 5.41) is 11.0. The Labute approximate surface area is 166 Å². The molecule has 0 radical (unpaired) electrons. The van der Waals surface area contributed by atoms with Crippen LogP contribution in [-0.4, -0.2) is 21.9 Å². The van der Waals surface area contributed by atoms with Gasteiger partial charge in [0.05, 0.1) is 11.7 Å². The zero-order valence-corrected chi connectivity index (χ0v) is 16.0. The Balaban J connectivity index is 1.39. The number of nitrogens with one attached hydrogen (secondary N) is 3. The van der Waals surface area contributed by atoms with Gasteiger partial charge in [0.1, 0.15) is 0 Å². The van der Waals surface area contributed by atoms with Crippen molar-refractivity contribution in [2.24, 2.45) is 0 Å². The molecule has 1 unspecified atom stereocenters. The van der Waals surface area contributed by atoms with Crippen LogP contribution in [0.1, 0.15) is 30.5 Å². The van der Waals surface area contributed by atoms with Crippen LogP contribution in [0.2, 0.25) is 0 Å². The molecule has 0 saturated heterocycles. The number of anilines is 2. The zero-order chi connectivity index (χ0) is 19.5. The summed E-state index contributed by atoms with van der Waals surface area (Å²) in [4.78, 5) is 32.3. The molecule has 3 heterocycles. The summed E-state index contributed by atoms with van der Waals surface area (Å²) in [6.45, 7) is 1.92. The second-order valence-electron chi connectivity index (χ2n) is 6.56. The second-order valence-corrected chi connectivity index (χ2v) is 7.42. The highest BCUT2D eigenvalue weighted by atomic mass is 32.1. The largest absolute Gasteiger partial charge is 0.331 e. The van der Waals surface area contributed by atoms with E-state index in [9.17, 15) is 9.59 Å². The maximum absolute atomic E-state index is 12.3. The fraction of sp³-hybridized carbons (Fsp3) is 0.200. The summed E-state index contributed by atoms with van der Waals surface area (Å²) >= 11 is 1.36. The van der Waals surface area contributed by atoms with Crippen LogP contribution in [0, 0.1) is 0 Å². The minimum atomic E-state index is -0.314. The lowest BCUT2D eigenvalue weighted by atomic mass is 9.98. The van der Waals surface area contributed by atoms with Crippen LogP contribution in [0.15, 0.2) is 48.1 Å². The molecule has 142 valence electrons. The van der Waals surface area contributed by atoms with E-state index < -0.39 is 0 Å². The first-order valence-electron chi connectivity index (χ1n) is 8.94. The van der Waals surface area contributed by atoms with Gasteiger partial charge in [0.2, 0.25) is 5.91 Å². The fourth-order valence-electron chi connectivity index (χ4n) is 3.06. The summed E-state index contributed by atoms with van der Waals surface area (Å²) in [6.07, 6.45) is 4.64. The van der Waals surface area contributed by atoms with E-state index in [4.69, 9.17) is 0 Å². The van der Waals surface area contributed by atoms with Crippen LogP contribution < -0.4 is 16.0 Å². The SMILES string of the molecule is CC(NC(=O)Nc1nc(-c2cccnc2)cs1)c1ccc2c(c1)CCC(=O)N2. The lowest BCUT2D eigenvalue weighted by Crippen LogP contribution is -2.31. The van der Waals surface area contributed by atoms with Crippen molar-refractivity contribution in [1.29, 1.82) is 0 Å². The highest BCUT2D eigenvalue weighted by Crippen LogP contribution is 2.27. The first kappa shape index (κ1) is 18.1. The summed E-state index contributed by atoms with van der Waals surface area (Å²) < 4.78 is 0. The molecule has 7 nitrogen and oxygen atoms in total. The number of amides is 3. The van der Waals surface area contributed by atoms with E-state index in [1.165, 1.54) is 11.3 Å². The van der Waals surface area contributed by atoms with Crippen molar-refractivity contribution in [3.05, 3.63) is 59.2 Å². The number of aromatic nitrogens is 2. The molecule has 0 bridgehead atoms. The van der Waals surface area contributed by atoms with Crippen LogP contribution >= 0.6 is 11.3 Å². The van der Waals surface area contributed by atoms with Gasteiger partial charge in [0.15, 0.2) is 5.13 Å². The summed E-state index contributed by atoms with van der Waals surface area (Å²) in [7, 11) is 0. The fourth-order valence-corrected chi connectivity index (χ4v) is 3.78. The number of benzene rings is 1.